The zero-order chi connectivity index (χ0) is 13.2. The summed E-state index contributed by atoms with van der Waals surface area (Å²) in [6, 6.07) is 0. The standard InChI is InChI=1S/C14H20N2O3/c17-14(18)10-4-5-11-8-15-13(16(11)9-10)7-12-3-1-2-6-19-12/h8,10,12H,1-7,9H2,(H,17,18). The molecule has 3 heterocycles. The van der Waals surface area contributed by atoms with Gasteiger partial charge in [-0.1, -0.05) is 0 Å². The first-order valence-electron chi connectivity index (χ1n) is 7.11. The largest absolute Gasteiger partial charge is 0.481 e. The lowest BCUT2D eigenvalue weighted by molar-refractivity contribution is -0.142. The fourth-order valence-corrected chi connectivity index (χ4v) is 3.05. The Hall–Kier alpha value is -1.36. The molecule has 0 amide bonds. The number of imidazole rings is 1. The van der Waals surface area contributed by atoms with Crippen molar-refractivity contribution in [2.45, 2.75) is 51.2 Å². The zero-order valence-corrected chi connectivity index (χ0v) is 11.0. The van der Waals surface area contributed by atoms with Gasteiger partial charge in [-0.15, -0.1) is 0 Å². The minimum atomic E-state index is -0.695. The van der Waals surface area contributed by atoms with Gasteiger partial charge in [-0.25, -0.2) is 4.98 Å². The Morgan fingerprint density at radius 3 is 3.11 bits per heavy atom. The minimum absolute atomic E-state index is 0.255. The van der Waals surface area contributed by atoms with Crippen molar-refractivity contribution in [1.82, 2.24) is 9.55 Å². The number of aryl methyl sites for hydroxylation is 1. The van der Waals surface area contributed by atoms with Crippen LogP contribution in [0, 0.1) is 5.92 Å². The van der Waals surface area contributed by atoms with Crippen LogP contribution < -0.4 is 0 Å². The lowest BCUT2D eigenvalue weighted by Crippen LogP contribution is -2.29. The Morgan fingerprint density at radius 1 is 1.47 bits per heavy atom. The molecule has 0 spiro atoms. The van der Waals surface area contributed by atoms with Gasteiger partial charge in [0.15, 0.2) is 0 Å². The van der Waals surface area contributed by atoms with Crippen molar-refractivity contribution >= 4 is 5.97 Å². The third-order valence-electron chi connectivity index (χ3n) is 4.21. The molecule has 1 aromatic rings. The van der Waals surface area contributed by atoms with E-state index in [-0.39, 0.29) is 12.0 Å². The summed E-state index contributed by atoms with van der Waals surface area (Å²) in [5.41, 5.74) is 1.17. The van der Waals surface area contributed by atoms with Gasteiger partial charge in [-0.05, 0) is 32.1 Å². The van der Waals surface area contributed by atoms with Crippen LogP contribution in [0.2, 0.25) is 0 Å². The summed E-state index contributed by atoms with van der Waals surface area (Å²) in [5.74, 6) is 0.0276. The third-order valence-corrected chi connectivity index (χ3v) is 4.21. The van der Waals surface area contributed by atoms with Crippen molar-refractivity contribution in [3.05, 3.63) is 17.7 Å². The van der Waals surface area contributed by atoms with Gasteiger partial charge in [0.1, 0.15) is 5.82 Å². The summed E-state index contributed by atoms with van der Waals surface area (Å²) in [6.07, 6.45) is 7.96. The summed E-state index contributed by atoms with van der Waals surface area (Å²) < 4.78 is 7.84. The molecule has 2 aliphatic heterocycles. The average Bonchev–Trinajstić information content (AvgIpc) is 2.82. The van der Waals surface area contributed by atoms with E-state index in [1.54, 1.807) is 0 Å². The molecule has 0 bridgehead atoms. The van der Waals surface area contributed by atoms with Crippen molar-refractivity contribution in [3.8, 4) is 0 Å². The van der Waals surface area contributed by atoms with E-state index in [4.69, 9.17) is 9.84 Å². The highest BCUT2D eigenvalue weighted by Gasteiger charge is 2.27. The van der Waals surface area contributed by atoms with E-state index in [9.17, 15) is 4.79 Å². The van der Waals surface area contributed by atoms with Crippen LogP contribution in [0.15, 0.2) is 6.20 Å². The first-order valence-corrected chi connectivity index (χ1v) is 7.11. The minimum Gasteiger partial charge on any atom is -0.481 e. The molecule has 5 heteroatoms. The number of hydrogen-bond acceptors (Lipinski definition) is 3. The SMILES string of the molecule is O=C(O)C1CCc2cnc(CC3CCCCO3)n2C1. The highest BCUT2D eigenvalue weighted by Crippen LogP contribution is 2.24. The Balaban J connectivity index is 1.73. The molecule has 2 atom stereocenters. The third kappa shape index (κ3) is 2.66. The van der Waals surface area contributed by atoms with Crippen molar-refractivity contribution in [1.29, 1.82) is 0 Å². The van der Waals surface area contributed by atoms with Gasteiger partial charge in [0.05, 0.1) is 12.0 Å². The molecule has 1 N–H and O–H groups in total. The number of rotatable bonds is 3. The maximum Gasteiger partial charge on any atom is 0.308 e. The number of fused-ring (bicyclic) bond motifs is 1. The van der Waals surface area contributed by atoms with Gasteiger partial charge >= 0.3 is 5.97 Å². The molecule has 2 unspecified atom stereocenters. The summed E-state index contributed by atoms with van der Waals surface area (Å²) in [6.45, 7) is 1.41. The van der Waals surface area contributed by atoms with Crippen LogP contribution in [0.5, 0.6) is 0 Å². The second-order valence-electron chi connectivity index (χ2n) is 5.54. The first kappa shape index (κ1) is 12.7. The molecule has 2 aliphatic rings. The van der Waals surface area contributed by atoms with Crippen LogP contribution in [0.1, 0.15) is 37.2 Å². The molecular weight excluding hydrogens is 244 g/mol. The second kappa shape index (κ2) is 5.33. The van der Waals surface area contributed by atoms with Gasteiger partial charge in [-0.3, -0.25) is 4.79 Å². The quantitative estimate of drug-likeness (QED) is 0.901. The molecule has 104 valence electrons. The maximum absolute atomic E-state index is 11.1. The van der Waals surface area contributed by atoms with Gasteiger partial charge in [0.25, 0.3) is 0 Å². The molecule has 5 nitrogen and oxygen atoms in total. The summed E-state index contributed by atoms with van der Waals surface area (Å²) in [5, 5.41) is 9.16. The molecule has 0 radical (unpaired) electrons. The monoisotopic (exact) mass is 264 g/mol. The van der Waals surface area contributed by atoms with Crippen molar-refractivity contribution in [2.24, 2.45) is 5.92 Å². The van der Waals surface area contributed by atoms with Gasteiger partial charge < -0.3 is 14.4 Å². The molecular formula is C14H20N2O3. The normalized spacial score (nSPS) is 26.9. The van der Waals surface area contributed by atoms with Crippen LogP contribution in [-0.2, 0) is 28.9 Å². The van der Waals surface area contributed by atoms with Crippen molar-refractivity contribution in [2.75, 3.05) is 6.61 Å². The zero-order valence-electron chi connectivity index (χ0n) is 11.0. The molecule has 1 aromatic heterocycles. The van der Waals surface area contributed by atoms with E-state index in [1.165, 1.54) is 12.1 Å². The first-order chi connectivity index (χ1) is 9.24. The van der Waals surface area contributed by atoms with E-state index in [0.717, 1.165) is 44.5 Å². The van der Waals surface area contributed by atoms with Crippen LogP contribution in [0.25, 0.3) is 0 Å². The molecule has 0 aromatic carbocycles. The molecule has 0 aliphatic carbocycles. The molecule has 1 saturated heterocycles. The summed E-state index contributed by atoms with van der Waals surface area (Å²) in [4.78, 5) is 15.6. The average molecular weight is 264 g/mol. The van der Waals surface area contributed by atoms with Crippen LogP contribution in [-0.4, -0.2) is 33.3 Å². The molecule has 1 fully saturated rings. The van der Waals surface area contributed by atoms with Crippen LogP contribution >= 0.6 is 0 Å². The number of nitrogens with zero attached hydrogens (tertiary/aromatic N) is 2. The van der Waals surface area contributed by atoms with E-state index in [0.29, 0.717) is 6.54 Å². The highest BCUT2D eigenvalue weighted by atomic mass is 16.5. The number of carbonyl (C=O) groups is 1. The van der Waals surface area contributed by atoms with E-state index < -0.39 is 5.97 Å². The van der Waals surface area contributed by atoms with E-state index >= 15 is 0 Å². The molecule has 19 heavy (non-hydrogen) atoms. The van der Waals surface area contributed by atoms with E-state index in [1.807, 2.05) is 6.20 Å². The predicted molar refractivity (Wildman–Crippen MR) is 69.0 cm³/mol. The Morgan fingerprint density at radius 2 is 2.37 bits per heavy atom. The van der Waals surface area contributed by atoms with E-state index in [2.05, 4.69) is 9.55 Å². The number of ether oxygens (including phenoxy) is 1. The van der Waals surface area contributed by atoms with Gasteiger partial charge in [-0.2, -0.15) is 0 Å². The highest BCUT2D eigenvalue weighted by molar-refractivity contribution is 5.70. The Bertz CT molecular complexity index is 463. The Labute approximate surface area is 112 Å². The van der Waals surface area contributed by atoms with Crippen molar-refractivity contribution < 1.29 is 14.6 Å². The molecule has 0 saturated carbocycles. The Kier molecular flexibility index (Phi) is 3.55. The van der Waals surface area contributed by atoms with Gasteiger partial charge in [0.2, 0.25) is 0 Å². The molecule has 3 rings (SSSR count). The van der Waals surface area contributed by atoms with Gasteiger partial charge in [0, 0.05) is 31.5 Å². The number of carboxylic acids is 1. The summed E-state index contributed by atoms with van der Waals surface area (Å²) >= 11 is 0. The number of aliphatic carboxylic acids is 1. The fraction of sp³-hybridized carbons (Fsp3) is 0.714. The number of aromatic nitrogens is 2. The lowest BCUT2D eigenvalue weighted by atomic mass is 9.98. The van der Waals surface area contributed by atoms with Crippen molar-refractivity contribution in [3.63, 3.8) is 0 Å². The predicted octanol–water partition coefficient (Wildman–Crippen LogP) is 1.64. The second-order valence-corrected chi connectivity index (χ2v) is 5.54. The summed E-state index contributed by atoms with van der Waals surface area (Å²) in [7, 11) is 0. The smallest absolute Gasteiger partial charge is 0.308 e. The lowest BCUT2D eigenvalue weighted by Gasteiger charge is -2.25. The van der Waals surface area contributed by atoms with Crippen LogP contribution in [0.3, 0.4) is 0 Å². The van der Waals surface area contributed by atoms with Crippen LogP contribution in [0.4, 0.5) is 0 Å². The fourth-order valence-electron chi connectivity index (χ4n) is 3.05. The number of carboxylic acid groups (broad SMARTS) is 1. The number of hydrogen-bond donors (Lipinski definition) is 1. The maximum atomic E-state index is 11.1. The topological polar surface area (TPSA) is 64.3 Å².